The second kappa shape index (κ2) is 9.52. The zero-order valence-corrected chi connectivity index (χ0v) is 17.5. The Morgan fingerprint density at radius 2 is 1.96 bits per heavy atom. The Morgan fingerprint density at radius 3 is 2.56 bits per heavy atom. The molecule has 0 radical (unpaired) electrons. The summed E-state index contributed by atoms with van der Waals surface area (Å²) in [5, 5.41) is 3.14. The van der Waals surface area contributed by atoms with Crippen molar-refractivity contribution in [3.63, 3.8) is 0 Å². The largest absolute Gasteiger partial charge is 0.450 e. The van der Waals surface area contributed by atoms with E-state index in [4.69, 9.17) is 10.5 Å². The molecule has 1 aromatic carbocycles. The molecule has 0 spiro atoms. The number of carbonyl (C=O) groups excluding carboxylic acids is 1. The van der Waals surface area contributed by atoms with Gasteiger partial charge in [0.25, 0.3) is 0 Å². The molecule has 1 heterocycles. The quantitative estimate of drug-likeness (QED) is 0.384. The number of nitrogens with one attached hydrogen (secondary N) is 1. The molecule has 1 amide bonds. The van der Waals surface area contributed by atoms with E-state index < -0.39 is 11.6 Å². The molecule has 0 bridgehead atoms. The minimum Gasteiger partial charge on any atom is -0.450 e. The van der Waals surface area contributed by atoms with Crippen molar-refractivity contribution in [3.05, 3.63) is 35.4 Å². The van der Waals surface area contributed by atoms with Crippen molar-refractivity contribution in [2.24, 2.45) is 10.7 Å². The highest BCUT2D eigenvalue weighted by Crippen LogP contribution is 2.45. The van der Waals surface area contributed by atoms with E-state index in [1.807, 2.05) is 0 Å². The van der Waals surface area contributed by atoms with Crippen LogP contribution in [0.1, 0.15) is 37.7 Å². The maximum atomic E-state index is 13.8. The minimum atomic E-state index is -0.537. The van der Waals surface area contributed by atoms with E-state index in [1.54, 1.807) is 11.8 Å². The molecule has 1 aliphatic heterocycles. The summed E-state index contributed by atoms with van der Waals surface area (Å²) < 4.78 is 32.6. The van der Waals surface area contributed by atoms with E-state index in [1.165, 1.54) is 18.2 Å². The molecule has 2 atom stereocenters. The second-order valence-corrected chi connectivity index (χ2v) is 6.66. The lowest BCUT2D eigenvalue weighted by Crippen LogP contribution is -2.48. The fraction of sp³-hybridized carbons (Fsp3) is 0.556. The van der Waals surface area contributed by atoms with Crippen molar-refractivity contribution in [2.45, 2.75) is 44.2 Å². The molecular weight excluding hydrogens is 469 g/mol. The minimum absolute atomic E-state index is 0. The number of halogens is 3. The number of guanidine groups is 1. The van der Waals surface area contributed by atoms with Gasteiger partial charge in [-0.25, -0.2) is 18.6 Å². The van der Waals surface area contributed by atoms with Crippen LogP contribution in [0.3, 0.4) is 0 Å². The van der Waals surface area contributed by atoms with Crippen LogP contribution in [0.5, 0.6) is 0 Å². The summed E-state index contributed by atoms with van der Waals surface area (Å²) in [6.45, 7) is 3.33. The number of nitrogens with two attached hydrogens (primary N) is 1. The maximum absolute atomic E-state index is 13.8. The third kappa shape index (κ3) is 5.43. The molecule has 1 aliphatic carbocycles. The van der Waals surface area contributed by atoms with E-state index in [9.17, 15) is 13.6 Å². The van der Waals surface area contributed by atoms with Crippen molar-refractivity contribution >= 4 is 36.0 Å². The molecule has 3 rings (SSSR count). The van der Waals surface area contributed by atoms with Crippen LogP contribution in [-0.2, 0) is 4.74 Å². The van der Waals surface area contributed by atoms with Gasteiger partial charge in [-0.2, -0.15) is 0 Å². The Bertz CT molecular complexity index is 676. The van der Waals surface area contributed by atoms with Crippen LogP contribution in [0, 0.1) is 11.6 Å². The first-order chi connectivity index (χ1) is 12.5. The van der Waals surface area contributed by atoms with Crippen molar-refractivity contribution in [1.29, 1.82) is 0 Å². The number of hydrogen-bond donors (Lipinski definition) is 2. The van der Waals surface area contributed by atoms with Crippen molar-refractivity contribution in [1.82, 2.24) is 10.2 Å². The smallest absolute Gasteiger partial charge is 0.409 e. The number of hydrogen-bond acceptors (Lipinski definition) is 3. The van der Waals surface area contributed by atoms with E-state index in [0.717, 1.165) is 12.8 Å². The van der Waals surface area contributed by atoms with E-state index >= 15 is 0 Å². The monoisotopic (exact) mass is 494 g/mol. The van der Waals surface area contributed by atoms with Gasteiger partial charge in [-0.05, 0) is 38.3 Å². The molecule has 1 saturated carbocycles. The van der Waals surface area contributed by atoms with E-state index in [-0.39, 0.29) is 59.6 Å². The molecule has 27 heavy (non-hydrogen) atoms. The first-order valence-electron chi connectivity index (χ1n) is 8.95. The number of benzene rings is 1. The number of carbonyl (C=O) groups is 1. The normalized spacial score (nSPS) is 22.8. The maximum Gasteiger partial charge on any atom is 0.409 e. The highest BCUT2D eigenvalue weighted by molar-refractivity contribution is 14.0. The summed E-state index contributed by atoms with van der Waals surface area (Å²) in [5.41, 5.74) is 6.04. The van der Waals surface area contributed by atoms with Crippen molar-refractivity contribution in [2.75, 3.05) is 19.7 Å². The number of likely N-dealkylation sites (tertiary alicyclic amines) is 1. The zero-order valence-electron chi connectivity index (χ0n) is 15.2. The van der Waals surface area contributed by atoms with Crippen LogP contribution >= 0.6 is 24.0 Å². The number of amides is 1. The van der Waals surface area contributed by atoms with Crippen LogP contribution in [0.15, 0.2) is 23.2 Å². The van der Waals surface area contributed by atoms with E-state index in [0.29, 0.717) is 26.1 Å². The van der Waals surface area contributed by atoms with Crippen LogP contribution in [-0.4, -0.2) is 48.7 Å². The molecule has 1 aromatic rings. The van der Waals surface area contributed by atoms with Crippen LogP contribution in [0.4, 0.5) is 13.6 Å². The Morgan fingerprint density at radius 1 is 1.33 bits per heavy atom. The number of rotatable bonds is 4. The Hall–Kier alpha value is -1.65. The topological polar surface area (TPSA) is 80.0 Å². The molecule has 0 aromatic heterocycles. The zero-order chi connectivity index (χ0) is 18.7. The van der Waals surface area contributed by atoms with Gasteiger partial charge in [0.1, 0.15) is 11.6 Å². The first kappa shape index (κ1) is 21.6. The summed E-state index contributed by atoms with van der Waals surface area (Å²) in [7, 11) is 0. The van der Waals surface area contributed by atoms with Gasteiger partial charge >= 0.3 is 6.09 Å². The summed E-state index contributed by atoms with van der Waals surface area (Å²) in [4.78, 5) is 17.7. The van der Waals surface area contributed by atoms with Gasteiger partial charge < -0.3 is 20.7 Å². The third-order valence-corrected chi connectivity index (χ3v) is 4.81. The Labute approximate surface area is 174 Å². The summed E-state index contributed by atoms with van der Waals surface area (Å²) in [6.07, 6.45) is 1.78. The van der Waals surface area contributed by atoms with Gasteiger partial charge in [0, 0.05) is 30.6 Å². The summed E-state index contributed by atoms with van der Waals surface area (Å²) in [5.74, 6) is -1.05. The molecule has 2 aliphatic rings. The van der Waals surface area contributed by atoms with Gasteiger partial charge in [-0.3, -0.25) is 0 Å². The van der Waals surface area contributed by atoms with Crippen LogP contribution in [0.2, 0.25) is 0 Å². The average molecular weight is 494 g/mol. The first-order valence-corrected chi connectivity index (χ1v) is 8.95. The Balaban J connectivity index is 0.00000261. The molecule has 150 valence electrons. The Kier molecular flexibility index (Phi) is 7.63. The number of nitrogens with zero attached hydrogens (tertiary/aromatic N) is 2. The predicted octanol–water partition coefficient (Wildman–Crippen LogP) is 2.96. The van der Waals surface area contributed by atoms with Crippen LogP contribution in [0.25, 0.3) is 0 Å². The van der Waals surface area contributed by atoms with Gasteiger partial charge in [0.2, 0.25) is 0 Å². The van der Waals surface area contributed by atoms with Crippen LogP contribution < -0.4 is 11.1 Å². The molecule has 1 saturated heterocycles. The van der Waals surface area contributed by atoms with Gasteiger partial charge in [0.15, 0.2) is 5.96 Å². The number of piperidine rings is 1. The van der Waals surface area contributed by atoms with Gasteiger partial charge in [0.05, 0.1) is 12.6 Å². The highest BCUT2D eigenvalue weighted by atomic mass is 127. The summed E-state index contributed by atoms with van der Waals surface area (Å²) >= 11 is 0. The lowest BCUT2D eigenvalue weighted by Gasteiger charge is -2.31. The van der Waals surface area contributed by atoms with Gasteiger partial charge in [-0.1, -0.05) is 6.07 Å². The molecule has 2 fully saturated rings. The van der Waals surface area contributed by atoms with Crippen molar-refractivity contribution in [3.8, 4) is 0 Å². The fourth-order valence-corrected chi connectivity index (χ4v) is 3.35. The summed E-state index contributed by atoms with van der Waals surface area (Å²) in [6, 6.07) is 3.79. The molecule has 3 N–H and O–H groups in total. The average Bonchev–Trinajstić information content (AvgIpc) is 3.34. The molecule has 6 nitrogen and oxygen atoms in total. The second-order valence-electron chi connectivity index (χ2n) is 6.66. The van der Waals surface area contributed by atoms with E-state index in [2.05, 4.69) is 10.3 Å². The number of ether oxygens (including phenoxy) is 1. The SMILES string of the molecule is CCOC(=O)N1CCC(NC(N)=NC2CC2c2c(F)cccc2F)CC1.I. The third-order valence-electron chi connectivity index (χ3n) is 4.81. The predicted molar refractivity (Wildman–Crippen MR) is 109 cm³/mol. The standard InChI is InChI=1S/C18H24F2N4O2.HI/c1-2-26-18(25)24-8-6-11(7-9-24)22-17(21)23-15-10-12(15)16-13(19)4-3-5-14(16)20;/h3-5,11-12,15H,2,6-10H2,1H3,(H3,21,22,23);1H. The highest BCUT2D eigenvalue weighted by Gasteiger charge is 2.42. The fourth-order valence-electron chi connectivity index (χ4n) is 3.35. The van der Waals surface area contributed by atoms with Gasteiger partial charge in [-0.15, -0.1) is 24.0 Å². The lowest BCUT2D eigenvalue weighted by molar-refractivity contribution is 0.0963. The molecular formula is C18H25F2IN4O2. The molecule has 9 heteroatoms. The molecule has 2 unspecified atom stereocenters. The van der Waals surface area contributed by atoms with Crippen molar-refractivity contribution < 1.29 is 18.3 Å². The number of aliphatic imine (C=N–C) groups is 1. The lowest BCUT2D eigenvalue weighted by atomic mass is 10.1.